The molecule has 0 radical (unpaired) electrons. The quantitative estimate of drug-likeness (QED) is 0.0219. The van der Waals surface area contributed by atoms with E-state index >= 15 is 0 Å². The van der Waals surface area contributed by atoms with Crippen LogP contribution in [0.25, 0.3) is 0 Å². The van der Waals surface area contributed by atoms with Gasteiger partial charge < -0.3 is 39.4 Å². The first-order chi connectivity index (χ1) is 28.3. The minimum atomic E-state index is -1.61. The normalized spacial score (nSPS) is 21.2. The zero-order valence-electron chi connectivity index (χ0n) is 35.2. The van der Waals surface area contributed by atoms with E-state index in [0.717, 1.165) is 83.5 Å². The maximum atomic E-state index is 12.7. The van der Waals surface area contributed by atoms with Crippen molar-refractivity contribution in [1.29, 1.82) is 0 Å². The Morgan fingerprint density at radius 1 is 0.552 bits per heavy atom. The van der Waals surface area contributed by atoms with Gasteiger partial charge in [0, 0.05) is 12.8 Å². The van der Waals surface area contributed by atoms with Crippen LogP contribution in [0.1, 0.15) is 123 Å². The van der Waals surface area contributed by atoms with Gasteiger partial charge in [-0.1, -0.05) is 142 Å². The fourth-order valence-electron chi connectivity index (χ4n) is 5.63. The highest BCUT2D eigenvalue weighted by Crippen LogP contribution is 2.22. The van der Waals surface area contributed by atoms with Gasteiger partial charge in [-0.05, 0) is 77.0 Å². The SMILES string of the molecule is CC/C=C/C=C/C=C/C=C/CCCCCC(=O)OC(COC(=O)CCCCCC/C=C/C/C=C/C/C=C/C/C=C/C/C=C/CC)CO[C@H]1O[C@@H](CO)[C@@H](O)C(O)C1O. The number of rotatable bonds is 33. The van der Waals surface area contributed by atoms with E-state index in [1.807, 2.05) is 36.5 Å². The molecule has 1 aliphatic heterocycles. The summed E-state index contributed by atoms with van der Waals surface area (Å²) in [6, 6.07) is 0. The lowest BCUT2D eigenvalue weighted by atomic mass is 9.99. The number of hydrogen-bond donors (Lipinski definition) is 4. The molecule has 1 rings (SSSR count). The summed E-state index contributed by atoms with van der Waals surface area (Å²) in [4.78, 5) is 25.3. The maximum absolute atomic E-state index is 12.7. The highest BCUT2D eigenvalue weighted by molar-refractivity contribution is 5.70. The van der Waals surface area contributed by atoms with Gasteiger partial charge in [0.1, 0.15) is 31.0 Å². The van der Waals surface area contributed by atoms with Crippen LogP contribution in [0.4, 0.5) is 0 Å². The summed E-state index contributed by atoms with van der Waals surface area (Å²) in [6.07, 6.45) is 43.8. The molecule has 0 aliphatic carbocycles. The third-order valence-electron chi connectivity index (χ3n) is 9.00. The van der Waals surface area contributed by atoms with E-state index in [1.54, 1.807) is 0 Å². The Kier molecular flexibility index (Phi) is 34.0. The number of esters is 2. The smallest absolute Gasteiger partial charge is 0.306 e. The molecular formula is C48H74O10. The monoisotopic (exact) mass is 811 g/mol. The summed E-state index contributed by atoms with van der Waals surface area (Å²) in [5, 5.41) is 40.0. The molecule has 10 nitrogen and oxygen atoms in total. The number of allylic oxidation sites excluding steroid dienone is 18. The number of aliphatic hydroxyl groups excluding tert-OH is 4. The topological polar surface area (TPSA) is 152 Å². The molecule has 4 N–H and O–H groups in total. The fourth-order valence-corrected chi connectivity index (χ4v) is 5.63. The zero-order valence-corrected chi connectivity index (χ0v) is 35.2. The van der Waals surface area contributed by atoms with Gasteiger partial charge in [0.2, 0.25) is 0 Å². The predicted molar refractivity (Wildman–Crippen MR) is 233 cm³/mol. The molecule has 1 saturated heterocycles. The molecular weight excluding hydrogens is 737 g/mol. The lowest BCUT2D eigenvalue weighted by molar-refractivity contribution is -0.305. The Morgan fingerprint density at radius 3 is 1.66 bits per heavy atom. The molecule has 1 heterocycles. The van der Waals surface area contributed by atoms with Gasteiger partial charge in [0.15, 0.2) is 12.4 Å². The van der Waals surface area contributed by atoms with E-state index in [9.17, 15) is 30.0 Å². The van der Waals surface area contributed by atoms with Crippen molar-refractivity contribution >= 4 is 11.9 Å². The van der Waals surface area contributed by atoms with Crippen LogP contribution in [-0.4, -0.2) is 89.0 Å². The molecule has 0 amide bonds. The largest absolute Gasteiger partial charge is 0.462 e. The number of hydrogen-bond acceptors (Lipinski definition) is 10. The van der Waals surface area contributed by atoms with E-state index in [-0.39, 0.29) is 26.1 Å². The van der Waals surface area contributed by atoms with Crippen molar-refractivity contribution in [2.45, 2.75) is 160 Å². The van der Waals surface area contributed by atoms with Crippen LogP contribution in [0, 0.1) is 0 Å². The number of unbranched alkanes of at least 4 members (excludes halogenated alkanes) is 7. The number of ether oxygens (including phenoxy) is 4. The van der Waals surface area contributed by atoms with Crippen LogP contribution in [0.3, 0.4) is 0 Å². The number of carbonyl (C=O) groups is 2. The minimum Gasteiger partial charge on any atom is -0.462 e. The number of aliphatic hydroxyl groups is 4. The van der Waals surface area contributed by atoms with Crippen LogP contribution in [0.2, 0.25) is 0 Å². The minimum absolute atomic E-state index is 0.170. The van der Waals surface area contributed by atoms with Crippen LogP contribution in [0.15, 0.2) is 109 Å². The van der Waals surface area contributed by atoms with Crippen molar-refractivity contribution in [2.75, 3.05) is 19.8 Å². The summed E-state index contributed by atoms with van der Waals surface area (Å²) >= 11 is 0. The third-order valence-corrected chi connectivity index (χ3v) is 9.00. The van der Waals surface area contributed by atoms with Gasteiger partial charge in [-0.3, -0.25) is 9.59 Å². The second-order valence-corrected chi connectivity index (χ2v) is 14.1. The van der Waals surface area contributed by atoms with Crippen molar-refractivity contribution in [3.8, 4) is 0 Å². The van der Waals surface area contributed by atoms with E-state index in [0.29, 0.717) is 12.8 Å². The summed E-state index contributed by atoms with van der Waals surface area (Å²) in [6.45, 7) is 3.06. The Bertz CT molecular complexity index is 1310. The first-order valence-corrected chi connectivity index (χ1v) is 21.5. The number of carbonyl (C=O) groups excluding carboxylic acids is 2. The van der Waals surface area contributed by atoms with Crippen LogP contribution < -0.4 is 0 Å². The predicted octanol–water partition coefficient (Wildman–Crippen LogP) is 8.94. The lowest BCUT2D eigenvalue weighted by Crippen LogP contribution is -2.59. The Balaban J connectivity index is 2.39. The molecule has 0 aromatic rings. The van der Waals surface area contributed by atoms with Gasteiger partial charge in [0.05, 0.1) is 13.2 Å². The van der Waals surface area contributed by atoms with Crippen molar-refractivity contribution in [1.82, 2.24) is 0 Å². The van der Waals surface area contributed by atoms with Gasteiger partial charge in [-0.25, -0.2) is 0 Å². The highest BCUT2D eigenvalue weighted by atomic mass is 16.7. The van der Waals surface area contributed by atoms with Gasteiger partial charge >= 0.3 is 11.9 Å². The van der Waals surface area contributed by atoms with Crippen LogP contribution in [0.5, 0.6) is 0 Å². The molecule has 0 spiro atoms. The molecule has 326 valence electrons. The van der Waals surface area contributed by atoms with E-state index in [4.69, 9.17) is 18.9 Å². The summed E-state index contributed by atoms with van der Waals surface area (Å²) < 4.78 is 22.0. The van der Waals surface area contributed by atoms with Gasteiger partial charge in [-0.2, -0.15) is 0 Å². The molecule has 3 unspecified atom stereocenters. The molecule has 1 aliphatic rings. The van der Waals surface area contributed by atoms with Crippen LogP contribution >= 0.6 is 0 Å². The molecule has 0 bridgehead atoms. The lowest BCUT2D eigenvalue weighted by Gasteiger charge is -2.39. The average molecular weight is 811 g/mol. The van der Waals surface area contributed by atoms with E-state index < -0.39 is 55.4 Å². The molecule has 0 saturated carbocycles. The molecule has 0 aromatic heterocycles. The van der Waals surface area contributed by atoms with Crippen molar-refractivity contribution in [3.63, 3.8) is 0 Å². The Hall–Kier alpha value is -3.64. The summed E-state index contributed by atoms with van der Waals surface area (Å²) in [5.74, 6) is -0.896. The molecule has 6 atom stereocenters. The van der Waals surface area contributed by atoms with Crippen LogP contribution in [-0.2, 0) is 28.5 Å². The van der Waals surface area contributed by atoms with Crippen molar-refractivity contribution in [3.05, 3.63) is 109 Å². The van der Waals surface area contributed by atoms with Gasteiger partial charge in [-0.15, -0.1) is 0 Å². The summed E-state index contributed by atoms with van der Waals surface area (Å²) in [5.41, 5.74) is 0. The van der Waals surface area contributed by atoms with Crippen molar-refractivity contribution < 1.29 is 49.0 Å². The molecule has 1 fully saturated rings. The fraction of sp³-hybridized carbons (Fsp3) is 0.583. The molecule has 58 heavy (non-hydrogen) atoms. The maximum Gasteiger partial charge on any atom is 0.306 e. The first-order valence-electron chi connectivity index (χ1n) is 21.5. The molecule has 10 heteroatoms. The standard InChI is InChI=1S/C48H74O10/c1-3-5-7-9-11-13-15-17-18-19-20-21-22-23-25-26-28-30-32-34-36-43(50)55-39-41(40-56-48-47(54)46(53)45(52)42(38-49)58-48)57-44(51)37-35-33-31-29-27-24-16-14-12-10-8-6-4-2/h5-8,10-14,16-18,20-21,23-25,27,41-42,45-49,52-54H,3-4,9,15,19,22,26,28-40H2,1-2H3/b7-5+,8-6+,12-10+,13-11+,16-14+,18-17+,21-20+,25-23+,27-24+/t41?,42-,45+,46?,47?,48-/m0/s1. The Morgan fingerprint density at radius 2 is 1.05 bits per heavy atom. The second-order valence-electron chi connectivity index (χ2n) is 14.1. The third kappa shape index (κ3) is 28.7. The van der Waals surface area contributed by atoms with E-state index in [1.165, 1.54) is 0 Å². The zero-order chi connectivity index (χ0) is 42.3. The Labute approximate surface area is 349 Å². The molecule has 0 aromatic carbocycles. The second kappa shape index (κ2) is 37.6. The van der Waals surface area contributed by atoms with Gasteiger partial charge in [0.25, 0.3) is 0 Å². The average Bonchev–Trinajstić information content (AvgIpc) is 3.22. The highest BCUT2D eigenvalue weighted by Gasteiger charge is 2.44. The summed E-state index contributed by atoms with van der Waals surface area (Å²) in [7, 11) is 0. The van der Waals surface area contributed by atoms with E-state index in [2.05, 4.69) is 86.8 Å². The first kappa shape index (κ1) is 52.4. The van der Waals surface area contributed by atoms with Crippen molar-refractivity contribution in [2.24, 2.45) is 0 Å².